The zero-order chi connectivity index (χ0) is 24.4. The first kappa shape index (κ1) is 22.9. The number of para-hydroxylation sites is 1. The zero-order valence-corrected chi connectivity index (χ0v) is 21.5. The van der Waals surface area contributed by atoms with E-state index in [2.05, 4.69) is 15.0 Å². The minimum atomic E-state index is -0.692. The van der Waals surface area contributed by atoms with Gasteiger partial charge < -0.3 is 18.9 Å². The summed E-state index contributed by atoms with van der Waals surface area (Å²) in [6.45, 7) is 1.81. The molecule has 1 saturated carbocycles. The van der Waals surface area contributed by atoms with E-state index in [1.165, 1.54) is 17.4 Å². The van der Waals surface area contributed by atoms with Crippen LogP contribution in [0, 0.1) is 5.82 Å². The van der Waals surface area contributed by atoms with E-state index in [0.717, 1.165) is 34.0 Å². The van der Waals surface area contributed by atoms with Crippen LogP contribution in [0.3, 0.4) is 0 Å². The molecule has 2 aromatic carbocycles. The summed E-state index contributed by atoms with van der Waals surface area (Å²) in [7, 11) is 0. The molecule has 0 bridgehead atoms. The molecule has 3 fully saturated rings. The van der Waals surface area contributed by atoms with Gasteiger partial charge in [-0.25, -0.2) is 9.37 Å². The van der Waals surface area contributed by atoms with Gasteiger partial charge in [0.25, 0.3) is 0 Å². The van der Waals surface area contributed by atoms with Gasteiger partial charge in [-0.3, -0.25) is 0 Å². The number of rotatable bonds is 4. The van der Waals surface area contributed by atoms with Crippen LogP contribution in [0.5, 0.6) is 0 Å². The highest BCUT2D eigenvalue weighted by Crippen LogP contribution is 2.51. The van der Waals surface area contributed by atoms with Crippen molar-refractivity contribution in [2.45, 2.75) is 43.5 Å². The van der Waals surface area contributed by atoms with E-state index in [1.807, 2.05) is 12.1 Å². The lowest BCUT2D eigenvalue weighted by Gasteiger charge is -2.37. The number of anilines is 1. The lowest BCUT2D eigenvalue weighted by atomic mass is 9.99. The molecule has 0 N–H and O–H groups in total. The maximum Gasteiger partial charge on any atom is 0.186 e. The smallest absolute Gasteiger partial charge is 0.186 e. The van der Waals surface area contributed by atoms with Crippen molar-refractivity contribution in [3.63, 3.8) is 0 Å². The third kappa shape index (κ3) is 3.82. The fourth-order valence-corrected chi connectivity index (χ4v) is 6.81. The van der Waals surface area contributed by atoms with Gasteiger partial charge in [0.15, 0.2) is 10.9 Å². The number of ether oxygens (including phenoxy) is 2. The standard InChI is InChI=1S/C26H22Cl2FN3O3S/c27-15-3-1-4-16(28)20(15)23-21(24(35-31-23)14-7-8-14)18-13-33-26(34-18)9-11-32(12-10-26)25-30-22-17(29)5-2-6-19(22)36-25/h1-6,14,18H,7-13H2. The lowest BCUT2D eigenvalue weighted by Crippen LogP contribution is -2.45. The van der Waals surface area contributed by atoms with Crippen LogP contribution in [0.25, 0.3) is 21.5 Å². The van der Waals surface area contributed by atoms with Crippen LogP contribution in [0.2, 0.25) is 10.0 Å². The van der Waals surface area contributed by atoms with E-state index in [1.54, 1.807) is 18.2 Å². The van der Waals surface area contributed by atoms with Crippen LogP contribution in [0.1, 0.15) is 49.0 Å². The Kier molecular flexibility index (Phi) is 5.52. The Bertz CT molecular complexity index is 1440. The second kappa shape index (κ2) is 8.67. The van der Waals surface area contributed by atoms with Crippen molar-refractivity contribution in [2.75, 3.05) is 24.6 Å². The molecule has 6 nitrogen and oxygen atoms in total. The number of piperidine rings is 1. The van der Waals surface area contributed by atoms with Gasteiger partial charge in [-0.15, -0.1) is 0 Å². The van der Waals surface area contributed by atoms with Crippen LogP contribution in [0.4, 0.5) is 9.52 Å². The van der Waals surface area contributed by atoms with E-state index in [4.69, 9.17) is 37.2 Å². The Morgan fingerprint density at radius 3 is 2.53 bits per heavy atom. The van der Waals surface area contributed by atoms with Crippen LogP contribution >= 0.6 is 34.5 Å². The molecule has 1 aliphatic carbocycles. The largest absolute Gasteiger partial charge is 0.360 e. The topological polar surface area (TPSA) is 60.6 Å². The highest BCUT2D eigenvalue weighted by Gasteiger charge is 2.48. The van der Waals surface area contributed by atoms with Gasteiger partial charge in [0.05, 0.1) is 26.9 Å². The molecule has 0 amide bonds. The maximum atomic E-state index is 14.1. The lowest BCUT2D eigenvalue weighted by molar-refractivity contribution is -0.181. The van der Waals surface area contributed by atoms with Gasteiger partial charge in [0.1, 0.15) is 28.9 Å². The van der Waals surface area contributed by atoms with Gasteiger partial charge in [0, 0.05) is 37.4 Å². The second-order valence-corrected chi connectivity index (χ2v) is 11.4. The van der Waals surface area contributed by atoms with Gasteiger partial charge in [-0.1, -0.05) is 51.8 Å². The number of hydrogen-bond acceptors (Lipinski definition) is 7. The van der Waals surface area contributed by atoms with Crippen LogP contribution in [-0.2, 0) is 9.47 Å². The third-order valence-corrected chi connectivity index (χ3v) is 8.95. The van der Waals surface area contributed by atoms with Crippen molar-refractivity contribution in [2.24, 2.45) is 0 Å². The minimum Gasteiger partial charge on any atom is -0.360 e. The van der Waals surface area contributed by atoms with Crippen molar-refractivity contribution >= 4 is 49.9 Å². The molecule has 1 unspecified atom stereocenters. The summed E-state index contributed by atoms with van der Waals surface area (Å²) in [6, 6.07) is 10.5. The van der Waals surface area contributed by atoms with E-state index in [9.17, 15) is 4.39 Å². The fraction of sp³-hybridized carbons (Fsp3) is 0.385. The average molecular weight is 546 g/mol. The SMILES string of the molecule is Fc1cccc2sc(N3CCC4(CC3)OCC(c3c(-c5c(Cl)cccc5Cl)noc3C3CC3)O4)nc12. The van der Waals surface area contributed by atoms with Gasteiger partial charge in [-0.05, 0) is 37.1 Å². The molecule has 2 saturated heterocycles. The van der Waals surface area contributed by atoms with Crippen LogP contribution < -0.4 is 4.90 Å². The molecular weight excluding hydrogens is 524 g/mol. The Morgan fingerprint density at radius 2 is 1.81 bits per heavy atom. The molecule has 10 heteroatoms. The molecule has 4 heterocycles. The monoisotopic (exact) mass is 545 g/mol. The molecule has 1 spiro atoms. The first-order chi connectivity index (χ1) is 17.5. The number of hydrogen-bond donors (Lipinski definition) is 0. The average Bonchev–Trinajstić information content (AvgIpc) is 3.28. The van der Waals surface area contributed by atoms with E-state index in [-0.39, 0.29) is 11.9 Å². The number of fused-ring (bicyclic) bond motifs is 1. The molecule has 36 heavy (non-hydrogen) atoms. The Hall–Kier alpha value is -2.23. The molecule has 186 valence electrons. The first-order valence-electron chi connectivity index (χ1n) is 12.1. The highest BCUT2D eigenvalue weighted by atomic mass is 35.5. The Labute approximate surface area is 220 Å². The molecule has 7 rings (SSSR count). The summed E-state index contributed by atoms with van der Waals surface area (Å²) < 4.78 is 33.8. The Morgan fingerprint density at radius 1 is 1.06 bits per heavy atom. The van der Waals surface area contributed by atoms with Crippen molar-refractivity contribution in [1.29, 1.82) is 0 Å². The molecule has 4 aromatic rings. The molecule has 0 radical (unpaired) electrons. The number of nitrogens with zero attached hydrogens (tertiary/aromatic N) is 3. The van der Waals surface area contributed by atoms with E-state index in [0.29, 0.717) is 65.3 Å². The highest BCUT2D eigenvalue weighted by molar-refractivity contribution is 7.22. The van der Waals surface area contributed by atoms with Gasteiger partial charge >= 0.3 is 0 Å². The number of benzene rings is 2. The van der Waals surface area contributed by atoms with E-state index < -0.39 is 5.79 Å². The summed E-state index contributed by atoms with van der Waals surface area (Å²) in [4.78, 5) is 6.73. The fourth-order valence-electron chi connectivity index (χ4n) is 5.20. The molecule has 3 aliphatic rings. The summed E-state index contributed by atoms with van der Waals surface area (Å²) in [5.74, 6) is 0.204. The minimum absolute atomic E-state index is 0.289. The molecular formula is C26H22Cl2FN3O3S. The quantitative estimate of drug-likeness (QED) is 0.267. The van der Waals surface area contributed by atoms with Crippen molar-refractivity contribution in [1.82, 2.24) is 10.1 Å². The molecule has 2 aliphatic heterocycles. The summed E-state index contributed by atoms with van der Waals surface area (Å²) in [6.07, 6.45) is 3.16. The Balaban J connectivity index is 1.14. The molecule has 1 atom stereocenters. The van der Waals surface area contributed by atoms with Crippen LogP contribution in [-0.4, -0.2) is 35.6 Å². The number of aromatic nitrogens is 2. The molecule has 2 aromatic heterocycles. The summed E-state index contributed by atoms with van der Waals surface area (Å²) >= 11 is 14.6. The second-order valence-electron chi connectivity index (χ2n) is 9.58. The summed E-state index contributed by atoms with van der Waals surface area (Å²) in [5.41, 5.74) is 2.62. The third-order valence-electron chi connectivity index (χ3n) is 7.23. The van der Waals surface area contributed by atoms with E-state index >= 15 is 0 Å². The maximum absolute atomic E-state index is 14.1. The zero-order valence-electron chi connectivity index (χ0n) is 19.2. The number of thiazole rings is 1. The number of halogens is 3. The van der Waals surface area contributed by atoms with Crippen molar-refractivity contribution in [3.05, 3.63) is 63.6 Å². The van der Waals surface area contributed by atoms with Crippen molar-refractivity contribution < 1.29 is 18.4 Å². The normalized spacial score (nSPS) is 21.6. The van der Waals surface area contributed by atoms with Crippen LogP contribution in [0.15, 0.2) is 40.9 Å². The van der Waals surface area contributed by atoms with Crippen molar-refractivity contribution in [3.8, 4) is 11.3 Å². The predicted octanol–water partition coefficient (Wildman–Crippen LogP) is 7.36. The van der Waals surface area contributed by atoms with Gasteiger partial charge in [-0.2, -0.15) is 0 Å². The predicted molar refractivity (Wildman–Crippen MR) is 137 cm³/mol. The first-order valence-corrected chi connectivity index (χ1v) is 13.6. The summed E-state index contributed by atoms with van der Waals surface area (Å²) in [5, 5.41) is 6.27. The van der Waals surface area contributed by atoms with Gasteiger partial charge in [0.2, 0.25) is 0 Å².